The Labute approximate surface area is 238 Å². The molecule has 0 fully saturated rings. The molecule has 3 atom stereocenters. The zero-order chi connectivity index (χ0) is 28.9. The summed E-state index contributed by atoms with van der Waals surface area (Å²) in [6, 6.07) is 14.7. The number of aryl methyl sites for hydroxylation is 1. The number of carbonyl (C=O) groups excluding carboxylic acids is 3. The molecule has 2 aromatic rings. The Kier molecular flexibility index (Phi) is 12.7. The molecule has 0 unspecified atom stereocenters. The van der Waals surface area contributed by atoms with E-state index in [4.69, 9.17) is 9.47 Å². The normalized spacial score (nSPS) is 19.9. The van der Waals surface area contributed by atoms with Crippen LogP contribution in [0.2, 0.25) is 0 Å². The smallest absolute Gasteiger partial charge is 0.224 e. The van der Waals surface area contributed by atoms with Gasteiger partial charge in [-0.25, -0.2) is 0 Å². The van der Waals surface area contributed by atoms with Crippen LogP contribution < -0.4 is 14.8 Å². The zero-order valence-electron chi connectivity index (χ0n) is 24.2. The third-order valence-corrected chi connectivity index (χ3v) is 7.46. The van der Waals surface area contributed by atoms with Gasteiger partial charge in [-0.3, -0.25) is 14.4 Å². The Bertz CT molecular complexity index is 1080. The Hall–Kier alpha value is -3.19. The maximum atomic E-state index is 13.7. The quantitative estimate of drug-likeness (QED) is 0.356. The van der Waals surface area contributed by atoms with E-state index in [1.165, 1.54) is 0 Å². The van der Waals surface area contributed by atoms with Gasteiger partial charge in [0.15, 0.2) is 11.6 Å². The number of nitrogens with one attached hydrogen (secondary N) is 1. The molecule has 218 valence electrons. The molecule has 0 radical (unpaired) electrons. The second-order valence-electron chi connectivity index (χ2n) is 11.2. The van der Waals surface area contributed by atoms with Gasteiger partial charge in [0.25, 0.3) is 0 Å². The van der Waals surface area contributed by atoms with Crippen LogP contribution in [0.15, 0.2) is 48.5 Å². The third-order valence-electron chi connectivity index (χ3n) is 7.46. The number of aliphatic hydroxyl groups is 1. The third kappa shape index (κ3) is 9.77. The Morgan fingerprint density at radius 1 is 1.07 bits per heavy atom. The predicted molar refractivity (Wildman–Crippen MR) is 156 cm³/mol. The molecule has 2 bridgehead atoms. The molecule has 2 N–H and O–H groups in total. The van der Waals surface area contributed by atoms with Gasteiger partial charge in [-0.15, -0.1) is 0 Å². The first-order valence-electron chi connectivity index (χ1n) is 14.7. The number of hydrogen-bond donors (Lipinski definition) is 2. The summed E-state index contributed by atoms with van der Waals surface area (Å²) in [5.74, 6) is -0.265. The number of Topliss-reactive ketones (excluding diaryl/α,β-unsaturated/α-hetero) is 2. The lowest BCUT2D eigenvalue weighted by Crippen LogP contribution is -2.48. The van der Waals surface area contributed by atoms with Crippen LogP contribution in [0.4, 0.5) is 0 Å². The van der Waals surface area contributed by atoms with Crippen LogP contribution in [0.3, 0.4) is 0 Å². The molecule has 7 nitrogen and oxygen atoms in total. The Morgan fingerprint density at radius 2 is 1.80 bits per heavy atom. The molecular formula is C33H45NO6. The molecule has 2 heterocycles. The lowest BCUT2D eigenvalue weighted by molar-refractivity contribution is -0.137. The number of ether oxygens (including phenoxy) is 2. The summed E-state index contributed by atoms with van der Waals surface area (Å²) in [4.78, 5) is 40.0. The Morgan fingerprint density at radius 3 is 2.45 bits per heavy atom. The van der Waals surface area contributed by atoms with Crippen molar-refractivity contribution in [1.82, 2.24) is 5.32 Å². The van der Waals surface area contributed by atoms with Gasteiger partial charge in [0, 0.05) is 18.3 Å². The summed E-state index contributed by atoms with van der Waals surface area (Å²) in [6.07, 6.45) is 4.75. The van der Waals surface area contributed by atoms with Crippen LogP contribution in [-0.4, -0.2) is 48.4 Å². The van der Waals surface area contributed by atoms with Crippen molar-refractivity contribution in [3.8, 4) is 11.5 Å². The maximum Gasteiger partial charge on any atom is 0.224 e. The van der Waals surface area contributed by atoms with Crippen LogP contribution in [0.1, 0.15) is 70.4 Å². The molecular weight excluding hydrogens is 506 g/mol. The summed E-state index contributed by atoms with van der Waals surface area (Å²) in [5.41, 5.74) is 1.94. The van der Waals surface area contributed by atoms with Gasteiger partial charge in [0.2, 0.25) is 5.91 Å². The Balaban J connectivity index is 1.79. The SMILES string of the molecule is CCCCOc1ccc(CCC(=O)[C@@H]2Cc3ccc(cc3)OCCC[C@H](C(=O)CO)[C@@H](CC(C)C)C(=O)N2)cc1. The molecule has 0 aliphatic carbocycles. The summed E-state index contributed by atoms with van der Waals surface area (Å²) < 4.78 is 11.6. The molecule has 0 saturated carbocycles. The lowest BCUT2D eigenvalue weighted by Gasteiger charge is -2.29. The largest absolute Gasteiger partial charge is 0.494 e. The van der Waals surface area contributed by atoms with E-state index in [-0.39, 0.29) is 29.8 Å². The monoisotopic (exact) mass is 551 g/mol. The average molecular weight is 552 g/mol. The average Bonchev–Trinajstić information content (AvgIpc) is 2.95. The highest BCUT2D eigenvalue weighted by atomic mass is 16.5. The first-order valence-corrected chi connectivity index (χ1v) is 14.7. The number of hydrogen-bond acceptors (Lipinski definition) is 6. The van der Waals surface area contributed by atoms with Gasteiger partial charge in [-0.05, 0) is 79.8 Å². The van der Waals surface area contributed by atoms with Crippen molar-refractivity contribution >= 4 is 17.5 Å². The van der Waals surface area contributed by atoms with E-state index in [0.717, 1.165) is 35.5 Å². The van der Waals surface area contributed by atoms with Crippen molar-refractivity contribution in [3.05, 3.63) is 59.7 Å². The molecule has 0 aromatic heterocycles. The van der Waals surface area contributed by atoms with Crippen molar-refractivity contribution in [1.29, 1.82) is 0 Å². The van der Waals surface area contributed by atoms with E-state index < -0.39 is 24.5 Å². The fourth-order valence-corrected chi connectivity index (χ4v) is 5.17. The highest BCUT2D eigenvalue weighted by Crippen LogP contribution is 2.27. The zero-order valence-corrected chi connectivity index (χ0v) is 24.2. The maximum absolute atomic E-state index is 13.7. The highest BCUT2D eigenvalue weighted by Gasteiger charge is 2.35. The minimum absolute atomic E-state index is 0.0580. The van der Waals surface area contributed by atoms with Gasteiger partial charge in [0.05, 0.1) is 19.3 Å². The molecule has 7 heteroatoms. The van der Waals surface area contributed by atoms with E-state index in [9.17, 15) is 19.5 Å². The number of amides is 1. The van der Waals surface area contributed by atoms with E-state index >= 15 is 0 Å². The molecule has 2 aromatic carbocycles. The van der Waals surface area contributed by atoms with Crippen LogP contribution in [-0.2, 0) is 27.2 Å². The van der Waals surface area contributed by atoms with Crippen LogP contribution >= 0.6 is 0 Å². The minimum atomic E-state index is -0.724. The number of ketones is 2. The van der Waals surface area contributed by atoms with E-state index in [1.807, 2.05) is 62.4 Å². The van der Waals surface area contributed by atoms with E-state index in [0.29, 0.717) is 45.3 Å². The molecule has 2 aliphatic rings. The van der Waals surface area contributed by atoms with E-state index in [1.54, 1.807) is 0 Å². The highest BCUT2D eigenvalue weighted by molar-refractivity contribution is 5.93. The van der Waals surface area contributed by atoms with Gasteiger partial charge in [0.1, 0.15) is 18.1 Å². The molecule has 2 aliphatic heterocycles. The van der Waals surface area contributed by atoms with Crippen LogP contribution in [0, 0.1) is 17.8 Å². The van der Waals surface area contributed by atoms with Crippen molar-refractivity contribution in [2.75, 3.05) is 19.8 Å². The molecule has 4 rings (SSSR count). The number of aliphatic hydroxyl groups excluding tert-OH is 1. The van der Waals surface area contributed by atoms with Crippen molar-refractivity contribution < 1.29 is 29.0 Å². The summed E-state index contributed by atoms with van der Waals surface area (Å²) in [7, 11) is 0. The standard InChI is InChI=1S/C33H45NO6/c1-4-5-18-39-26-13-8-24(9-14-26)12-17-31(36)30-21-25-10-15-27(16-11-25)40-19-6-7-28(32(37)22-35)29(20-23(2)3)33(38)34-30/h8-11,13-16,23,28-30,35H,4-7,12,17-22H2,1-3H3,(H,34,38)/t28-,29+,30-/m0/s1. The fraction of sp³-hybridized carbons (Fsp3) is 0.545. The summed E-state index contributed by atoms with van der Waals surface area (Å²) >= 11 is 0. The minimum Gasteiger partial charge on any atom is -0.494 e. The molecule has 0 saturated heterocycles. The second kappa shape index (κ2) is 16.2. The van der Waals surface area contributed by atoms with Crippen molar-refractivity contribution in [2.45, 2.75) is 78.2 Å². The molecule has 0 spiro atoms. The first kappa shape index (κ1) is 31.3. The van der Waals surface area contributed by atoms with Gasteiger partial charge < -0.3 is 19.9 Å². The van der Waals surface area contributed by atoms with E-state index in [2.05, 4.69) is 12.2 Å². The number of unbranched alkanes of at least 4 members (excludes halogenated alkanes) is 1. The first-order chi connectivity index (χ1) is 19.3. The van der Waals surface area contributed by atoms with Crippen LogP contribution in [0.5, 0.6) is 11.5 Å². The number of benzene rings is 2. The van der Waals surface area contributed by atoms with Crippen molar-refractivity contribution in [2.24, 2.45) is 17.8 Å². The predicted octanol–water partition coefficient (Wildman–Crippen LogP) is 5.11. The van der Waals surface area contributed by atoms with Gasteiger partial charge >= 0.3 is 0 Å². The number of fused-ring (bicyclic) bond motifs is 11. The fourth-order valence-electron chi connectivity index (χ4n) is 5.17. The van der Waals surface area contributed by atoms with Crippen molar-refractivity contribution in [3.63, 3.8) is 0 Å². The summed E-state index contributed by atoms with van der Waals surface area (Å²) in [6.45, 7) is 6.62. The van der Waals surface area contributed by atoms with Gasteiger partial charge in [-0.1, -0.05) is 51.5 Å². The van der Waals surface area contributed by atoms with Gasteiger partial charge in [-0.2, -0.15) is 0 Å². The number of carbonyl (C=O) groups is 3. The lowest BCUT2D eigenvalue weighted by atomic mass is 9.79. The second-order valence-corrected chi connectivity index (χ2v) is 11.2. The molecule has 1 amide bonds. The van der Waals surface area contributed by atoms with Crippen LogP contribution in [0.25, 0.3) is 0 Å². The molecule has 40 heavy (non-hydrogen) atoms. The topological polar surface area (TPSA) is 102 Å². The summed E-state index contributed by atoms with van der Waals surface area (Å²) in [5, 5.41) is 12.7. The number of rotatable bonds is 12.